The molecule has 6 heteroatoms. The maximum Gasteiger partial charge on any atom is 0.259 e. The summed E-state index contributed by atoms with van der Waals surface area (Å²) in [5.41, 5.74) is 6.94. The SMILES string of the molecule is Cc1ccc(CN2CCN(C(=O)c3cnn4c(-c5ccc(C)cc5)ccnc34)CC2)cc1. The molecule has 2 aromatic carbocycles. The van der Waals surface area contributed by atoms with E-state index in [2.05, 4.69) is 77.4 Å². The fourth-order valence-electron chi connectivity index (χ4n) is 4.22. The molecule has 0 saturated carbocycles. The summed E-state index contributed by atoms with van der Waals surface area (Å²) in [6.07, 6.45) is 3.41. The average Bonchev–Trinajstić information content (AvgIpc) is 3.26. The minimum atomic E-state index is 0.00328. The fourth-order valence-corrected chi connectivity index (χ4v) is 4.22. The van der Waals surface area contributed by atoms with Crippen LogP contribution in [0, 0.1) is 13.8 Å². The zero-order chi connectivity index (χ0) is 22.1. The van der Waals surface area contributed by atoms with Crippen LogP contribution < -0.4 is 0 Å². The van der Waals surface area contributed by atoms with Crippen LogP contribution in [0.3, 0.4) is 0 Å². The number of aromatic nitrogens is 3. The molecule has 0 atom stereocenters. The van der Waals surface area contributed by atoms with Gasteiger partial charge in [-0.3, -0.25) is 9.69 Å². The summed E-state index contributed by atoms with van der Waals surface area (Å²) < 4.78 is 1.77. The maximum atomic E-state index is 13.3. The molecular weight excluding hydrogens is 398 g/mol. The third-order valence-corrected chi connectivity index (χ3v) is 6.17. The molecule has 1 aliphatic heterocycles. The lowest BCUT2D eigenvalue weighted by Crippen LogP contribution is -2.48. The van der Waals surface area contributed by atoms with Gasteiger partial charge in [0.05, 0.1) is 11.9 Å². The Hall–Kier alpha value is -3.51. The van der Waals surface area contributed by atoms with Gasteiger partial charge >= 0.3 is 0 Å². The Morgan fingerprint density at radius 3 is 2.22 bits per heavy atom. The molecule has 5 rings (SSSR count). The Morgan fingerprint density at radius 2 is 1.53 bits per heavy atom. The average molecular weight is 426 g/mol. The molecule has 0 N–H and O–H groups in total. The molecule has 6 nitrogen and oxygen atoms in total. The number of hydrogen-bond acceptors (Lipinski definition) is 4. The van der Waals surface area contributed by atoms with E-state index in [0.29, 0.717) is 24.3 Å². The summed E-state index contributed by atoms with van der Waals surface area (Å²) >= 11 is 0. The monoisotopic (exact) mass is 425 g/mol. The number of benzene rings is 2. The van der Waals surface area contributed by atoms with Gasteiger partial charge in [0.25, 0.3) is 5.91 Å². The highest BCUT2D eigenvalue weighted by Crippen LogP contribution is 2.22. The van der Waals surface area contributed by atoms with E-state index in [0.717, 1.165) is 30.9 Å². The lowest BCUT2D eigenvalue weighted by atomic mass is 10.1. The Morgan fingerprint density at radius 1 is 0.875 bits per heavy atom. The number of fused-ring (bicyclic) bond motifs is 1. The largest absolute Gasteiger partial charge is 0.336 e. The molecule has 1 aliphatic rings. The molecule has 0 radical (unpaired) electrons. The van der Waals surface area contributed by atoms with Gasteiger partial charge in [-0.15, -0.1) is 0 Å². The lowest BCUT2D eigenvalue weighted by Gasteiger charge is -2.34. The predicted molar refractivity (Wildman–Crippen MR) is 126 cm³/mol. The van der Waals surface area contributed by atoms with Crippen LogP contribution in [0.1, 0.15) is 27.0 Å². The van der Waals surface area contributed by atoms with E-state index in [4.69, 9.17) is 0 Å². The molecule has 1 fully saturated rings. The zero-order valence-corrected chi connectivity index (χ0v) is 18.5. The standard InChI is InChI=1S/C26H27N5O/c1-19-3-7-21(8-4-19)18-29-13-15-30(16-14-29)26(32)23-17-28-31-24(11-12-27-25(23)31)22-9-5-20(2)6-10-22/h3-12,17H,13-16,18H2,1-2H3. The van der Waals surface area contributed by atoms with Crippen molar-refractivity contribution < 1.29 is 4.79 Å². The molecule has 32 heavy (non-hydrogen) atoms. The van der Waals surface area contributed by atoms with Crippen molar-refractivity contribution in [3.63, 3.8) is 0 Å². The summed E-state index contributed by atoms with van der Waals surface area (Å²) in [7, 11) is 0. The molecular formula is C26H27N5O. The third kappa shape index (κ3) is 4.01. The Bertz CT molecular complexity index is 1240. The molecule has 0 spiro atoms. The fraction of sp³-hybridized carbons (Fsp3) is 0.269. The summed E-state index contributed by atoms with van der Waals surface area (Å²) in [6.45, 7) is 8.23. The number of hydrogen-bond donors (Lipinski definition) is 0. The van der Waals surface area contributed by atoms with Gasteiger partial charge in [0, 0.05) is 44.5 Å². The second kappa shape index (κ2) is 8.55. The topological polar surface area (TPSA) is 53.7 Å². The first-order valence-electron chi connectivity index (χ1n) is 11.1. The van der Waals surface area contributed by atoms with Gasteiger partial charge in [-0.05, 0) is 25.5 Å². The Balaban J connectivity index is 1.31. The highest BCUT2D eigenvalue weighted by molar-refractivity contribution is 6.00. The van der Waals surface area contributed by atoms with Gasteiger partial charge in [-0.1, -0.05) is 59.7 Å². The molecule has 0 bridgehead atoms. The van der Waals surface area contributed by atoms with Gasteiger partial charge in [0.1, 0.15) is 5.56 Å². The minimum Gasteiger partial charge on any atom is -0.336 e. The third-order valence-electron chi connectivity index (χ3n) is 6.17. The Labute approximate surface area is 188 Å². The predicted octanol–water partition coefficient (Wildman–Crippen LogP) is 3.97. The van der Waals surface area contributed by atoms with Crippen molar-refractivity contribution in [1.82, 2.24) is 24.4 Å². The van der Waals surface area contributed by atoms with Crippen LogP contribution in [0.25, 0.3) is 16.9 Å². The van der Waals surface area contributed by atoms with E-state index in [1.165, 1.54) is 16.7 Å². The highest BCUT2D eigenvalue weighted by Gasteiger charge is 2.25. The van der Waals surface area contributed by atoms with Gasteiger partial charge in [0.2, 0.25) is 0 Å². The number of piperazine rings is 1. The molecule has 3 heterocycles. The van der Waals surface area contributed by atoms with E-state index in [1.54, 1.807) is 16.9 Å². The van der Waals surface area contributed by atoms with Gasteiger partial charge < -0.3 is 4.90 Å². The van der Waals surface area contributed by atoms with Crippen molar-refractivity contribution in [3.8, 4) is 11.3 Å². The van der Waals surface area contributed by atoms with Crippen molar-refractivity contribution in [2.24, 2.45) is 0 Å². The summed E-state index contributed by atoms with van der Waals surface area (Å²) in [4.78, 5) is 22.1. The summed E-state index contributed by atoms with van der Waals surface area (Å²) in [5.74, 6) is 0.00328. The molecule has 0 aliphatic carbocycles. The molecule has 1 amide bonds. The zero-order valence-electron chi connectivity index (χ0n) is 18.5. The first-order chi connectivity index (χ1) is 15.6. The lowest BCUT2D eigenvalue weighted by molar-refractivity contribution is 0.0630. The first-order valence-corrected chi connectivity index (χ1v) is 11.1. The second-order valence-electron chi connectivity index (χ2n) is 8.54. The van der Waals surface area contributed by atoms with Gasteiger partial charge in [-0.25, -0.2) is 9.50 Å². The summed E-state index contributed by atoms with van der Waals surface area (Å²) in [6, 6.07) is 18.9. The maximum absolute atomic E-state index is 13.3. The molecule has 2 aromatic heterocycles. The second-order valence-corrected chi connectivity index (χ2v) is 8.54. The van der Waals surface area contributed by atoms with Crippen molar-refractivity contribution in [2.45, 2.75) is 20.4 Å². The van der Waals surface area contributed by atoms with Crippen LogP contribution in [0.5, 0.6) is 0 Å². The number of amides is 1. The van der Waals surface area contributed by atoms with Crippen molar-refractivity contribution in [1.29, 1.82) is 0 Å². The molecule has 1 saturated heterocycles. The number of rotatable bonds is 4. The highest BCUT2D eigenvalue weighted by atomic mass is 16.2. The van der Waals surface area contributed by atoms with Crippen LogP contribution in [-0.2, 0) is 6.54 Å². The van der Waals surface area contributed by atoms with Crippen molar-refractivity contribution in [2.75, 3.05) is 26.2 Å². The normalized spacial score (nSPS) is 14.8. The van der Waals surface area contributed by atoms with E-state index >= 15 is 0 Å². The quantitative estimate of drug-likeness (QED) is 0.496. The van der Waals surface area contributed by atoms with Crippen LogP contribution >= 0.6 is 0 Å². The molecule has 4 aromatic rings. The Kier molecular flexibility index (Phi) is 5.45. The number of nitrogens with zero attached hydrogens (tertiary/aromatic N) is 5. The van der Waals surface area contributed by atoms with Crippen LogP contribution in [0.4, 0.5) is 0 Å². The van der Waals surface area contributed by atoms with E-state index in [1.807, 2.05) is 11.0 Å². The van der Waals surface area contributed by atoms with Gasteiger partial charge in [0.15, 0.2) is 5.65 Å². The number of aryl methyl sites for hydroxylation is 2. The summed E-state index contributed by atoms with van der Waals surface area (Å²) in [5, 5.41) is 4.51. The first kappa shape index (κ1) is 20.4. The van der Waals surface area contributed by atoms with E-state index in [-0.39, 0.29) is 5.91 Å². The van der Waals surface area contributed by atoms with Crippen LogP contribution in [0.15, 0.2) is 67.0 Å². The minimum absolute atomic E-state index is 0.00328. The number of carbonyl (C=O) groups is 1. The smallest absolute Gasteiger partial charge is 0.259 e. The van der Waals surface area contributed by atoms with Crippen molar-refractivity contribution >= 4 is 11.6 Å². The molecule has 162 valence electrons. The van der Waals surface area contributed by atoms with E-state index in [9.17, 15) is 4.79 Å². The molecule has 0 unspecified atom stereocenters. The van der Waals surface area contributed by atoms with Crippen molar-refractivity contribution in [3.05, 3.63) is 89.2 Å². The number of carbonyl (C=O) groups excluding carboxylic acids is 1. The van der Waals surface area contributed by atoms with Crippen LogP contribution in [0.2, 0.25) is 0 Å². The van der Waals surface area contributed by atoms with Gasteiger partial charge in [-0.2, -0.15) is 5.10 Å². The van der Waals surface area contributed by atoms with E-state index < -0.39 is 0 Å². The van der Waals surface area contributed by atoms with Crippen LogP contribution in [-0.4, -0.2) is 56.5 Å².